The Morgan fingerprint density at radius 2 is 0.717 bits per heavy atom. The minimum Gasteiger partial charge on any atom is -0.0622 e. The second-order valence-electron chi connectivity index (χ2n) is 12.8. The van der Waals surface area contributed by atoms with Gasteiger partial charge in [0.1, 0.15) is 0 Å². The molecule has 9 aromatic carbocycles. The van der Waals surface area contributed by atoms with Gasteiger partial charge in [0.05, 0.1) is 0 Å². The van der Waals surface area contributed by atoms with E-state index in [1.54, 1.807) is 0 Å². The molecule has 0 bridgehead atoms. The van der Waals surface area contributed by atoms with Crippen molar-refractivity contribution in [3.63, 3.8) is 0 Å². The standard InChI is InChI=1S/C46H26/c1-2-10-27(11-3-1)32-15-8-9-17-34(32)44-33-16-7-6-14-30(33)22-31-25-42-37-19-18-35-40-23-28-12-4-5-13-29(28)24-41(40)36-20-21-38(46(37)45(35)36)43(42)26-39(31)44/h1-26H. The van der Waals surface area contributed by atoms with Crippen LogP contribution in [0.15, 0.2) is 158 Å². The highest BCUT2D eigenvalue weighted by Crippen LogP contribution is 2.57. The van der Waals surface area contributed by atoms with Gasteiger partial charge in [0.2, 0.25) is 0 Å². The van der Waals surface area contributed by atoms with Gasteiger partial charge < -0.3 is 0 Å². The molecule has 0 saturated carbocycles. The quantitative estimate of drug-likeness (QED) is 0.179. The second kappa shape index (κ2) is 8.81. The molecule has 0 nitrogen and oxygen atoms in total. The summed E-state index contributed by atoms with van der Waals surface area (Å²) in [7, 11) is 0. The van der Waals surface area contributed by atoms with Crippen LogP contribution in [0.2, 0.25) is 0 Å². The molecule has 0 unspecified atom stereocenters. The third kappa shape index (κ3) is 3.13. The molecule has 0 aromatic heterocycles. The van der Waals surface area contributed by atoms with Gasteiger partial charge in [-0.15, -0.1) is 0 Å². The van der Waals surface area contributed by atoms with Crippen LogP contribution in [0.5, 0.6) is 0 Å². The van der Waals surface area contributed by atoms with Gasteiger partial charge in [-0.05, 0) is 140 Å². The van der Waals surface area contributed by atoms with Crippen molar-refractivity contribution in [1.29, 1.82) is 0 Å². The zero-order valence-corrected chi connectivity index (χ0v) is 25.0. The Labute approximate surface area is 266 Å². The van der Waals surface area contributed by atoms with Gasteiger partial charge in [0.25, 0.3) is 0 Å². The molecule has 2 aliphatic rings. The highest BCUT2D eigenvalue weighted by molar-refractivity contribution is 6.28. The number of hydrogen-bond acceptors (Lipinski definition) is 0. The smallest absolute Gasteiger partial charge is 0.00139 e. The lowest BCUT2D eigenvalue weighted by molar-refractivity contribution is 1.61. The first-order valence-corrected chi connectivity index (χ1v) is 16.1. The lowest BCUT2D eigenvalue weighted by atomic mass is 9.86. The summed E-state index contributed by atoms with van der Waals surface area (Å²) in [6, 6.07) is 58.9. The van der Waals surface area contributed by atoms with Crippen LogP contribution < -0.4 is 0 Å². The van der Waals surface area contributed by atoms with Crippen molar-refractivity contribution in [2.75, 3.05) is 0 Å². The van der Waals surface area contributed by atoms with Crippen LogP contribution in [0.25, 0.3) is 110 Å². The van der Waals surface area contributed by atoms with E-state index in [1.807, 2.05) is 0 Å². The monoisotopic (exact) mass is 578 g/mol. The zero-order chi connectivity index (χ0) is 29.9. The Morgan fingerprint density at radius 3 is 1.35 bits per heavy atom. The molecule has 0 fully saturated rings. The fraction of sp³-hybridized carbons (Fsp3) is 0. The minimum atomic E-state index is 1.24. The Morgan fingerprint density at radius 1 is 0.239 bits per heavy atom. The fourth-order valence-corrected chi connectivity index (χ4v) is 8.50. The van der Waals surface area contributed by atoms with Gasteiger partial charge >= 0.3 is 0 Å². The maximum atomic E-state index is 2.49. The third-order valence-corrected chi connectivity index (χ3v) is 10.5. The van der Waals surface area contributed by atoms with Crippen molar-refractivity contribution in [3.8, 4) is 66.8 Å². The van der Waals surface area contributed by atoms with Crippen molar-refractivity contribution in [2.45, 2.75) is 0 Å². The average Bonchev–Trinajstić information content (AvgIpc) is 3.60. The van der Waals surface area contributed by atoms with E-state index in [1.165, 1.54) is 110 Å². The molecular weight excluding hydrogens is 553 g/mol. The second-order valence-corrected chi connectivity index (χ2v) is 12.8. The van der Waals surface area contributed by atoms with Gasteiger partial charge in [-0.25, -0.2) is 0 Å². The first kappa shape index (κ1) is 24.4. The molecule has 0 heterocycles. The van der Waals surface area contributed by atoms with E-state index < -0.39 is 0 Å². The molecule has 0 spiro atoms. The topological polar surface area (TPSA) is 0 Å². The molecule has 2 aliphatic carbocycles. The summed E-state index contributed by atoms with van der Waals surface area (Å²) in [5, 5.41) is 10.5. The molecule has 11 rings (SSSR count). The summed E-state index contributed by atoms with van der Waals surface area (Å²) in [5.41, 5.74) is 15.9. The normalized spacial score (nSPS) is 12.3. The summed E-state index contributed by atoms with van der Waals surface area (Å²) < 4.78 is 0. The Hall–Kier alpha value is -5.98. The first-order chi connectivity index (χ1) is 22.8. The van der Waals surface area contributed by atoms with Crippen molar-refractivity contribution >= 4 is 43.1 Å². The molecule has 210 valence electrons. The van der Waals surface area contributed by atoms with Crippen molar-refractivity contribution in [2.24, 2.45) is 0 Å². The van der Waals surface area contributed by atoms with E-state index >= 15 is 0 Å². The first-order valence-electron chi connectivity index (χ1n) is 16.1. The molecule has 0 saturated heterocycles. The van der Waals surface area contributed by atoms with Gasteiger partial charge in [-0.3, -0.25) is 0 Å². The van der Waals surface area contributed by atoms with Gasteiger partial charge in [0.15, 0.2) is 0 Å². The number of hydrogen-bond donors (Lipinski definition) is 0. The molecule has 0 N–H and O–H groups in total. The Balaban J connectivity index is 1.22. The van der Waals surface area contributed by atoms with Crippen molar-refractivity contribution in [3.05, 3.63) is 158 Å². The predicted molar refractivity (Wildman–Crippen MR) is 196 cm³/mol. The van der Waals surface area contributed by atoms with Crippen LogP contribution in [0, 0.1) is 0 Å². The number of benzene rings is 9. The van der Waals surface area contributed by atoms with E-state index in [0.717, 1.165) is 0 Å². The van der Waals surface area contributed by atoms with Crippen molar-refractivity contribution in [1.82, 2.24) is 0 Å². The summed E-state index contributed by atoms with van der Waals surface area (Å²) in [6.45, 7) is 0. The molecule has 0 radical (unpaired) electrons. The molecule has 46 heavy (non-hydrogen) atoms. The van der Waals surface area contributed by atoms with Gasteiger partial charge in [-0.1, -0.05) is 127 Å². The average molecular weight is 579 g/mol. The molecule has 0 aliphatic heterocycles. The lowest BCUT2D eigenvalue weighted by Gasteiger charge is -2.17. The fourth-order valence-electron chi connectivity index (χ4n) is 8.50. The van der Waals surface area contributed by atoms with E-state index in [4.69, 9.17) is 0 Å². The molecule has 0 atom stereocenters. The SMILES string of the molecule is c1ccc(-c2ccccc2-c2c3ccccc3cc3cc4c(cc23)-c2ccc3c5c(ccc-4c25)-c2cc4ccccc4cc2-3)cc1. The number of fused-ring (bicyclic) bond motifs is 9. The predicted octanol–water partition coefficient (Wildman–Crippen LogP) is 12.9. The number of rotatable bonds is 2. The molecule has 9 aromatic rings. The molecular formula is C46H26. The van der Waals surface area contributed by atoms with E-state index in [9.17, 15) is 0 Å². The van der Waals surface area contributed by atoms with Crippen LogP contribution in [0.4, 0.5) is 0 Å². The van der Waals surface area contributed by atoms with E-state index in [2.05, 4.69) is 158 Å². The summed E-state index contributed by atoms with van der Waals surface area (Å²) in [5.74, 6) is 0. The summed E-state index contributed by atoms with van der Waals surface area (Å²) >= 11 is 0. The van der Waals surface area contributed by atoms with Gasteiger partial charge in [0, 0.05) is 0 Å². The van der Waals surface area contributed by atoms with Crippen LogP contribution in [-0.4, -0.2) is 0 Å². The van der Waals surface area contributed by atoms with E-state index in [0.29, 0.717) is 0 Å². The maximum absolute atomic E-state index is 2.49. The lowest BCUT2D eigenvalue weighted by Crippen LogP contribution is -1.90. The zero-order valence-electron chi connectivity index (χ0n) is 25.0. The summed E-state index contributed by atoms with van der Waals surface area (Å²) in [4.78, 5) is 0. The Bertz CT molecular complexity index is 2730. The van der Waals surface area contributed by atoms with Crippen LogP contribution in [0.1, 0.15) is 0 Å². The highest BCUT2D eigenvalue weighted by Gasteiger charge is 2.30. The minimum absolute atomic E-state index is 1.24. The summed E-state index contributed by atoms with van der Waals surface area (Å²) in [6.07, 6.45) is 0. The van der Waals surface area contributed by atoms with Crippen molar-refractivity contribution < 1.29 is 0 Å². The molecule has 0 heteroatoms. The van der Waals surface area contributed by atoms with Crippen LogP contribution in [0.3, 0.4) is 0 Å². The van der Waals surface area contributed by atoms with Crippen LogP contribution >= 0.6 is 0 Å². The van der Waals surface area contributed by atoms with Crippen LogP contribution in [-0.2, 0) is 0 Å². The largest absolute Gasteiger partial charge is 0.0622 e. The molecule has 0 amide bonds. The third-order valence-electron chi connectivity index (χ3n) is 10.5. The highest BCUT2D eigenvalue weighted by atomic mass is 14.3. The van der Waals surface area contributed by atoms with Gasteiger partial charge in [-0.2, -0.15) is 0 Å². The van der Waals surface area contributed by atoms with E-state index in [-0.39, 0.29) is 0 Å². The maximum Gasteiger partial charge on any atom is -0.00139 e. The Kier molecular flexibility index (Phi) is 4.66.